The number of rotatable bonds is 6. The van der Waals surface area contributed by atoms with Gasteiger partial charge >= 0.3 is 5.97 Å². The molecule has 0 unspecified atom stereocenters. The summed E-state index contributed by atoms with van der Waals surface area (Å²) in [5.41, 5.74) is 3.39. The second-order valence-corrected chi connectivity index (χ2v) is 5.63. The van der Waals surface area contributed by atoms with Gasteiger partial charge in [0.25, 0.3) is 0 Å². The molecule has 0 saturated carbocycles. The number of halogens is 1. The molecule has 1 heterocycles. The third-order valence-electron chi connectivity index (χ3n) is 3.58. The van der Waals surface area contributed by atoms with E-state index in [9.17, 15) is 4.79 Å². The van der Waals surface area contributed by atoms with Crippen LogP contribution in [-0.2, 0) is 9.53 Å². The molecule has 1 aliphatic rings. The highest BCUT2D eigenvalue weighted by Crippen LogP contribution is 2.31. The van der Waals surface area contributed by atoms with Gasteiger partial charge < -0.3 is 9.64 Å². The molecule has 122 valence electrons. The Kier molecular flexibility index (Phi) is 6.48. The summed E-state index contributed by atoms with van der Waals surface area (Å²) in [7, 11) is 0. The van der Waals surface area contributed by atoms with Crippen LogP contribution >= 0.6 is 11.6 Å². The number of carbonyl (C=O) groups is 1. The second kappa shape index (κ2) is 8.59. The number of unbranched alkanes of at least 4 members (excludes halogenated alkanes) is 1. The van der Waals surface area contributed by atoms with Gasteiger partial charge in [-0.05, 0) is 43.2 Å². The molecule has 0 amide bonds. The Morgan fingerprint density at radius 2 is 2.04 bits per heavy atom. The molecule has 0 saturated heterocycles. The molecule has 1 aromatic rings. The number of nitrogens with zero attached hydrogens (tertiary/aromatic N) is 1. The van der Waals surface area contributed by atoms with Crippen LogP contribution in [0.3, 0.4) is 0 Å². The molecule has 4 heteroatoms. The summed E-state index contributed by atoms with van der Waals surface area (Å²) >= 11 is 5.98. The van der Waals surface area contributed by atoms with Crippen molar-refractivity contribution in [1.29, 1.82) is 0 Å². The maximum Gasteiger partial charge on any atom is 0.349 e. The van der Waals surface area contributed by atoms with E-state index < -0.39 is 5.97 Å². The van der Waals surface area contributed by atoms with E-state index in [1.807, 2.05) is 24.3 Å². The molecule has 1 aliphatic heterocycles. The van der Waals surface area contributed by atoms with E-state index in [1.165, 1.54) is 11.3 Å². The van der Waals surface area contributed by atoms with Crippen LogP contribution in [0.4, 0.5) is 5.69 Å². The molecule has 0 spiro atoms. The zero-order chi connectivity index (χ0) is 16.7. The van der Waals surface area contributed by atoms with E-state index in [4.69, 9.17) is 16.3 Å². The van der Waals surface area contributed by atoms with Gasteiger partial charge in [0, 0.05) is 17.9 Å². The van der Waals surface area contributed by atoms with Crippen LogP contribution in [0.25, 0.3) is 6.08 Å². The van der Waals surface area contributed by atoms with Crippen LogP contribution in [0.15, 0.2) is 53.2 Å². The number of hydrogen-bond donors (Lipinski definition) is 0. The van der Waals surface area contributed by atoms with Crippen LogP contribution in [0, 0.1) is 0 Å². The van der Waals surface area contributed by atoms with Gasteiger partial charge in [-0.3, -0.25) is 0 Å². The van der Waals surface area contributed by atoms with Crippen LogP contribution < -0.4 is 4.90 Å². The molecule has 0 N–H and O–H groups in total. The summed E-state index contributed by atoms with van der Waals surface area (Å²) in [5, 5.41) is 0.0852. The smallest absolute Gasteiger partial charge is 0.349 e. The van der Waals surface area contributed by atoms with Gasteiger partial charge in [0.15, 0.2) is 0 Å². The van der Waals surface area contributed by atoms with Crippen molar-refractivity contribution < 1.29 is 9.53 Å². The first kappa shape index (κ1) is 17.4. The first-order chi connectivity index (χ1) is 11.2. The Morgan fingerprint density at radius 1 is 1.26 bits per heavy atom. The first-order valence-corrected chi connectivity index (χ1v) is 8.34. The van der Waals surface area contributed by atoms with Crippen LogP contribution in [0.1, 0.15) is 32.3 Å². The minimum Gasteiger partial charge on any atom is -0.462 e. The van der Waals surface area contributed by atoms with E-state index in [1.54, 1.807) is 13.0 Å². The zero-order valence-electron chi connectivity index (χ0n) is 13.6. The Bertz CT molecular complexity index is 647. The number of carbonyl (C=O) groups excluding carboxylic acids is 1. The lowest BCUT2D eigenvalue weighted by Crippen LogP contribution is -2.25. The number of para-hydroxylation sites is 1. The highest BCUT2D eigenvalue weighted by atomic mass is 35.5. The van der Waals surface area contributed by atoms with Crippen molar-refractivity contribution in [2.24, 2.45) is 0 Å². The van der Waals surface area contributed by atoms with E-state index >= 15 is 0 Å². The predicted octanol–water partition coefficient (Wildman–Crippen LogP) is 4.89. The molecule has 1 aromatic carbocycles. The molecular weight excluding hydrogens is 310 g/mol. The fourth-order valence-electron chi connectivity index (χ4n) is 2.42. The van der Waals surface area contributed by atoms with Crippen molar-refractivity contribution in [2.45, 2.75) is 26.7 Å². The second-order valence-electron chi connectivity index (χ2n) is 5.22. The van der Waals surface area contributed by atoms with Crippen LogP contribution in [0.5, 0.6) is 0 Å². The monoisotopic (exact) mass is 331 g/mol. The molecule has 0 aromatic heterocycles. The summed E-state index contributed by atoms with van der Waals surface area (Å²) in [5.74, 6) is -0.494. The molecule has 0 fully saturated rings. The number of anilines is 1. The number of ether oxygens (including phenoxy) is 1. The summed E-state index contributed by atoms with van der Waals surface area (Å²) in [6.45, 7) is 5.17. The van der Waals surface area contributed by atoms with Gasteiger partial charge in [-0.2, -0.15) is 0 Å². The van der Waals surface area contributed by atoms with E-state index in [2.05, 4.69) is 30.0 Å². The van der Waals surface area contributed by atoms with Crippen LogP contribution in [0.2, 0.25) is 0 Å². The van der Waals surface area contributed by atoms with Crippen molar-refractivity contribution in [3.63, 3.8) is 0 Å². The SMILES string of the molecule is CCCCN1/C(=C/C=C(/Cl)C(=O)OCC)C=Cc2ccccc21. The van der Waals surface area contributed by atoms with Crippen LogP contribution in [-0.4, -0.2) is 19.1 Å². The highest BCUT2D eigenvalue weighted by molar-refractivity contribution is 6.41. The van der Waals surface area contributed by atoms with Crippen molar-refractivity contribution in [3.8, 4) is 0 Å². The lowest BCUT2D eigenvalue weighted by atomic mass is 10.0. The largest absolute Gasteiger partial charge is 0.462 e. The Hall–Kier alpha value is -2.00. The molecule has 3 nitrogen and oxygen atoms in total. The van der Waals surface area contributed by atoms with Crippen molar-refractivity contribution in [1.82, 2.24) is 0 Å². The third kappa shape index (κ3) is 4.49. The van der Waals surface area contributed by atoms with Crippen molar-refractivity contribution >= 4 is 29.3 Å². The first-order valence-electron chi connectivity index (χ1n) is 7.96. The number of esters is 1. The van der Waals surface area contributed by atoms with E-state index in [0.717, 1.165) is 25.1 Å². The molecule has 0 bridgehead atoms. The lowest BCUT2D eigenvalue weighted by molar-refractivity contribution is -0.137. The van der Waals surface area contributed by atoms with Gasteiger partial charge in [0.2, 0.25) is 0 Å². The Morgan fingerprint density at radius 3 is 2.78 bits per heavy atom. The number of allylic oxidation sites excluding steroid dienone is 3. The molecule has 0 radical (unpaired) electrons. The van der Waals surface area contributed by atoms with Gasteiger partial charge in [-0.25, -0.2) is 4.79 Å². The van der Waals surface area contributed by atoms with Crippen molar-refractivity contribution in [2.75, 3.05) is 18.1 Å². The summed E-state index contributed by atoms with van der Waals surface area (Å²) in [6.07, 6.45) is 9.80. The molecule has 23 heavy (non-hydrogen) atoms. The number of benzene rings is 1. The van der Waals surface area contributed by atoms with Crippen molar-refractivity contribution in [3.05, 3.63) is 58.8 Å². The summed E-state index contributed by atoms with van der Waals surface area (Å²) < 4.78 is 4.89. The standard InChI is InChI=1S/C19H22ClNO2/c1-3-5-14-21-16(12-13-17(20)19(22)23-4-2)11-10-15-8-6-7-9-18(15)21/h6-13H,3-5,14H2,1-2H3/b16-12+,17-13+. The van der Waals surface area contributed by atoms with Gasteiger partial charge in [0.05, 0.1) is 6.61 Å². The third-order valence-corrected chi connectivity index (χ3v) is 3.86. The fraction of sp³-hybridized carbons (Fsp3) is 0.316. The maximum absolute atomic E-state index is 11.6. The molecule has 2 rings (SSSR count). The lowest BCUT2D eigenvalue weighted by Gasteiger charge is -2.30. The van der Waals surface area contributed by atoms with E-state index in [0.29, 0.717) is 6.61 Å². The Balaban J connectivity index is 2.28. The quantitative estimate of drug-likeness (QED) is 0.549. The fourth-order valence-corrected chi connectivity index (χ4v) is 2.53. The van der Waals surface area contributed by atoms with Gasteiger partial charge in [0.1, 0.15) is 5.03 Å². The number of fused-ring (bicyclic) bond motifs is 1. The average molecular weight is 332 g/mol. The number of hydrogen-bond acceptors (Lipinski definition) is 3. The predicted molar refractivity (Wildman–Crippen MR) is 96.4 cm³/mol. The molecule has 0 aliphatic carbocycles. The highest BCUT2D eigenvalue weighted by Gasteiger charge is 2.16. The topological polar surface area (TPSA) is 29.5 Å². The Labute approximate surface area is 142 Å². The molecular formula is C19H22ClNO2. The summed E-state index contributed by atoms with van der Waals surface area (Å²) in [4.78, 5) is 13.8. The minimum atomic E-state index is -0.494. The summed E-state index contributed by atoms with van der Waals surface area (Å²) in [6, 6.07) is 8.28. The molecule has 0 atom stereocenters. The normalized spacial score (nSPS) is 15.7. The van der Waals surface area contributed by atoms with E-state index in [-0.39, 0.29) is 5.03 Å². The minimum absolute atomic E-state index is 0.0852. The van der Waals surface area contributed by atoms with Gasteiger partial charge in [-0.15, -0.1) is 0 Å². The van der Waals surface area contributed by atoms with Gasteiger partial charge in [-0.1, -0.05) is 49.2 Å². The average Bonchev–Trinajstić information content (AvgIpc) is 2.58. The maximum atomic E-state index is 11.6. The zero-order valence-corrected chi connectivity index (χ0v) is 14.3.